The van der Waals surface area contributed by atoms with Gasteiger partial charge in [0.05, 0.1) is 0 Å². The molecular formula is C15H23N3O. The SMILES string of the molecule is CCNC(=O)c1ccc(NC2CCCNCC2)cc1. The number of nitrogens with one attached hydrogen (secondary N) is 3. The second-order valence-electron chi connectivity index (χ2n) is 4.96. The lowest BCUT2D eigenvalue weighted by molar-refractivity contribution is 0.0956. The Balaban J connectivity index is 1.92. The van der Waals surface area contributed by atoms with E-state index in [0.29, 0.717) is 12.6 Å². The van der Waals surface area contributed by atoms with Crippen LogP contribution in [0, 0.1) is 0 Å². The average molecular weight is 261 g/mol. The van der Waals surface area contributed by atoms with Crippen LogP contribution < -0.4 is 16.0 Å². The van der Waals surface area contributed by atoms with Crippen LogP contribution in [-0.2, 0) is 0 Å². The Bertz CT molecular complexity index is 394. The van der Waals surface area contributed by atoms with Gasteiger partial charge in [-0.3, -0.25) is 4.79 Å². The fraction of sp³-hybridized carbons (Fsp3) is 0.533. The summed E-state index contributed by atoms with van der Waals surface area (Å²) in [6.07, 6.45) is 3.57. The molecule has 1 aliphatic heterocycles. The van der Waals surface area contributed by atoms with Gasteiger partial charge in [-0.2, -0.15) is 0 Å². The Morgan fingerprint density at radius 1 is 1.26 bits per heavy atom. The van der Waals surface area contributed by atoms with Crippen molar-refractivity contribution in [3.05, 3.63) is 29.8 Å². The van der Waals surface area contributed by atoms with Crippen LogP contribution in [0.15, 0.2) is 24.3 Å². The van der Waals surface area contributed by atoms with Crippen LogP contribution in [-0.4, -0.2) is 31.6 Å². The van der Waals surface area contributed by atoms with Crippen LogP contribution in [0.4, 0.5) is 5.69 Å². The molecule has 1 aromatic rings. The first kappa shape index (κ1) is 13.9. The van der Waals surface area contributed by atoms with E-state index in [9.17, 15) is 4.79 Å². The summed E-state index contributed by atoms with van der Waals surface area (Å²) in [6.45, 7) is 4.78. The number of amides is 1. The molecule has 1 unspecified atom stereocenters. The normalized spacial score (nSPS) is 19.5. The van der Waals surface area contributed by atoms with Crippen molar-refractivity contribution in [3.8, 4) is 0 Å². The summed E-state index contributed by atoms with van der Waals surface area (Å²) in [5.74, 6) is -0.00674. The highest BCUT2D eigenvalue weighted by atomic mass is 16.1. The van der Waals surface area contributed by atoms with Crippen LogP contribution in [0.3, 0.4) is 0 Å². The number of carbonyl (C=O) groups is 1. The number of hydrogen-bond donors (Lipinski definition) is 3. The Morgan fingerprint density at radius 3 is 2.79 bits per heavy atom. The second kappa shape index (κ2) is 7.14. The standard InChI is InChI=1S/C15H23N3O/c1-2-17-15(19)12-5-7-14(8-6-12)18-13-4-3-10-16-11-9-13/h5-8,13,16,18H,2-4,9-11H2,1H3,(H,17,19). The third-order valence-corrected chi connectivity index (χ3v) is 3.43. The molecule has 0 aliphatic carbocycles. The van der Waals surface area contributed by atoms with Gasteiger partial charge in [-0.25, -0.2) is 0 Å². The molecule has 4 heteroatoms. The fourth-order valence-electron chi connectivity index (χ4n) is 2.38. The average Bonchev–Trinajstić information content (AvgIpc) is 2.68. The molecule has 0 aromatic heterocycles. The third-order valence-electron chi connectivity index (χ3n) is 3.43. The van der Waals surface area contributed by atoms with Gasteiger partial charge in [-0.05, 0) is 63.5 Å². The van der Waals surface area contributed by atoms with Crippen LogP contribution in [0.5, 0.6) is 0 Å². The molecule has 0 spiro atoms. The molecule has 2 rings (SSSR count). The zero-order valence-electron chi connectivity index (χ0n) is 11.5. The van der Waals surface area contributed by atoms with Gasteiger partial charge in [-0.15, -0.1) is 0 Å². The van der Waals surface area contributed by atoms with Crippen molar-refractivity contribution < 1.29 is 4.79 Å². The Labute approximate surface area is 115 Å². The lowest BCUT2D eigenvalue weighted by Crippen LogP contribution is -2.23. The Kier molecular flexibility index (Phi) is 5.21. The number of benzene rings is 1. The van der Waals surface area contributed by atoms with E-state index in [2.05, 4.69) is 16.0 Å². The molecule has 0 bridgehead atoms. The molecule has 1 atom stereocenters. The van der Waals surface area contributed by atoms with Crippen LogP contribution >= 0.6 is 0 Å². The largest absolute Gasteiger partial charge is 0.382 e. The first-order valence-corrected chi connectivity index (χ1v) is 7.15. The summed E-state index contributed by atoms with van der Waals surface area (Å²) in [4.78, 5) is 11.7. The van der Waals surface area contributed by atoms with Gasteiger partial charge in [-0.1, -0.05) is 0 Å². The first-order valence-electron chi connectivity index (χ1n) is 7.15. The monoisotopic (exact) mass is 261 g/mol. The highest BCUT2D eigenvalue weighted by Crippen LogP contribution is 2.15. The van der Waals surface area contributed by atoms with Crippen LogP contribution in [0.1, 0.15) is 36.5 Å². The van der Waals surface area contributed by atoms with Gasteiger partial charge < -0.3 is 16.0 Å². The molecule has 1 fully saturated rings. The van der Waals surface area contributed by atoms with Crippen molar-refractivity contribution in [3.63, 3.8) is 0 Å². The van der Waals surface area contributed by atoms with Crippen molar-refractivity contribution >= 4 is 11.6 Å². The maximum Gasteiger partial charge on any atom is 0.251 e. The summed E-state index contributed by atoms with van der Waals surface area (Å²) >= 11 is 0. The van der Waals surface area contributed by atoms with Crippen molar-refractivity contribution in [2.24, 2.45) is 0 Å². The summed E-state index contributed by atoms with van der Waals surface area (Å²) in [5, 5.41) is 9.76. The highest BCUT2D eigenvalue weighted by Gasteiger charge is 2.11. The van der Waals surface area contributed by atoms with E-state index in [4.69, 9.17) is 0 Å². The molecule has 1 saturated heterocycles. The van der Waals surface area contributed by atoms with Crippen LogP contribution in [0.25, 0.3) is 0 Å². The Morgan fingerprint density at radius 2 is 2.05 bits per heavy atom. The minimum absolute atomic E-state index is 0.00674. The minimum Gasteiger partial charge on any atom is -0.382 e. The van der Waals surface area contributed by atoms with Gasteiger partial charge in [0.1, 0.15) is 0 Å². The summed E-state index contributed by atoms with van der Waals surface area (Å²) in [7, 11) is 0. The van der Waals surface area contributed by atoms with Crippen molar-refractivity contribution in [2.75, 3.05) is 25.0 Å². The van der Waals surface area contributed by atoms with Gasteiger partial charge >= 0.3 is 0 Å². The first-order chi connectivity index (χ1) is 9.29. The number of anilines is 1. The maximum absolute atomic E-state index is 11.7. The van der Waals surface area contributed by atoms with Gasteiger partial charge in [0, 0.05) is 23.8 Å². The molecule has 3 N–H and O–H groups in total. The molecule has 1 heterocycles. The molecular weight excluding hydrogens is 238 g/mol. The molecule has 4 nitrogen and oxygen atoms in total. The number of carbonyl (C=O) groups excluding carboxylic acids is 1. The van der Waals surface area contributed by atoms with E-state index >= 15 is 0 Å². The second-order valence-corrected chi connectivity index (χ2v) is 4.96. The lowest BCUT2D eigenvalue weighted by atomic mass is 10.1. The predicted octanol–water partition coefficient (Wildman–Crippen LogP) is 1.99. The summed E-state index contributed by atoms with van der Waals surface area (Å²) in [5.41, 5.74) is 1.81. The molecule has 104 valence electrons. The number of hydrogen-bond acceptors (Lipinski definition) is 3. The topological polar surface area (TPSA) is 53.2 Å². The smallest absolute Gasteiger partial charge is 0.251 e. The van der Waals surface area contributed by atoms with E-state index in [-0.39, 0.29) is 5.91 Å². The molecule has 19 heavy (non-hydrogen) atoms. The van der Waals surface area contributed by atoms with Gasteiger partial charge in [0.25, 0.3) is 5.91 Å². The molecule has 1 aliphatic rings. The minimum atomic E-state index is -0.00674. The Hall–Kier alpha value is -1.55. The number of rotatable bonds is 4. The lowest BCUT2D eigenvalue weighted by Gasteiger charge is -2.17. The van der Waals surface area contributed by atoms with E-state index in [1.165, 1.54) is 12.8 Å². The molecule has 0 saturated carbocycles. The van der Waals surface area contributed by atoms with Crippen molar-refractivity contribution in [1.82, 2.24) is 10.6 Å². The molecule has 1 aromatic carbocycles. The van der Waals surface area contributed by atoms with E-state index in [1.807, 2.05) is 31.2 Å². The maximum atomic E-state index is 11.7. The van der Waals surface area contributed by atoms with E-state index in [0.717, 1.165) is 30.8 Å². The highest BCUT2D eigenvalue weighted by molar-refractivity contribution is 5.94. The van der Waals surface area contributed by atoms with E-state index in [1.54, 1.807) is 0 Å². The summed E-state index contributed by atoms with van der Waals surface area (Å²) < 4.78 is 0. The predicted molar refractivity (Wildman–Crippen MR) is 78.6 cm³/mol. The zero-order chi connectivity index (χ0) is 13.5. The van der Waals surface area contributed by atoms with Crippen LogP contribution in [0.2, 0.25) is 0 Å². The quantitative estimate of drug-likeness (QED) is 0.777. The van der Waals surface area contributed by atoms with Gasteiger partial charge in [0.2, 0.25) is 0 Å². The summed E-state index contributed by atoms with van der Waals surface area (Å²) in [6, 6.07) is 8.27. The zero-order valence-corrected chi connectivity index (χ0v) is 11.5. The molecule has 0 radical (unpaired) electrons. The third kappa shape index (κ3) is 4.24. The fourth-order valence-corrected chi connectivity index (χ4v) is 2.38. The van der Waals surface area contributed by atoms with Gasteiger partial charge in [0.15, 0.2) is 0 Å². The van der Waals surface area contributed by atoms with E-state index < -0.39 is 0 Å². The van der Waals surface area contributed by atoms with Crippen molar-refractivity contribution in [1.29, 1.82) is 0 Å². The molecule has 1 amide bonds. The van der Waals surface area contributed by atoms with Crippen molar-refractivity contribution in [2.45, 2.75) is 32.2 Å².